The van der Waals surface area contributed by atoms with E-state index in [-0.39, 0.29) is 5.75 Å². The number of hydrogen-bond acceptors (Lipinski definition) is 2. The van der Waals surface area contributed by atoms with Gasteiger partial charge in [0.05, 0.1) is 12.2 Å². The van der Waals surface area contributed by atoms with Gasteiger partial charge in [-0.1, -0.05) is 19.4 Å². The van der Waals surface area contributed by atoms with Crippen molar-refractivity contribution < 1.29 is 17.9 Å². The van der Waals surface area contributed by atoms with Gasteiger partial charge in [-0.15, -0.1) is 0 Å². The van der Waals surface area contributed by atoms with E-state index in [0.717, 1.165) is 25.7 Å². The van der Waals surface area contributed by atoms with Crippen molar-refractivity contribution in [3.63, 3.8) is 0 Å². The van der Waals surface area contributed by atoms with Crippen LogP contribution in [0.5, 0.6) is 5.75 Å². The second-order valence-electron chi connectivity index (χ2n) is 5.19. The lowest BCUT2D eigenvalue weighted by atomic mass is 10.1. The molecule has 2 nitrogen and oxygen atoms in total. The Morgan fingerprint density at radius 2 is 2.05 bits per heavy atom. The van der Waals surface area contributed by atoms with E-state index in [2.05, 4.69) is 5.32 Å². The summed E-state index contributed by atoms with van der Waals surface area (Å²) < 4.78 is 44.4. The molecule has 1 aromatic rings. The normalized spacial score (nSPS) is 15.4. The van der Waals surface area contributed by atoms with E-state index in [1.807, 2.05) is 6.92 Å². The Bertz CT molecular complexity index is 441. The predicted octanol–water partition coefficient (Wildman–Crippen LogP) is 4.14. The highest BCUT2D eigenvalue weighted by molar-refractivity contribution is 5.39. The zero-order valence-corrected chi connectivity index (χ0v) is 11.6. The van der Waals surface area contributed by atoms with Gasteiger partial charge in [-0.3, -0.25) is 0 Å². The maximum atomic E-state index is 13.0. The molecule has 2 rings (SSSR count). The van der Waals surface area contributed by atoms with Gasteiger partial charge in [-0.25, -0.2) is 0 Å². The minimum Gasteiger partial charge on any atom is -0.493 e. The molecule has 1 fully saturated rings. The van der Waals surface area contributed by atoms with Gasteiger partial charge in [0, 0.05) is 12.6 Å². The lowest BCUT2D eigenvalue weighted by Crippen LogP contribution is -2.16. The van der Waals surface area contributed by atoms with Gasteiger partial charge in [-0.2, -0.15) is 13.2 Å². The van der Waals surface area contributed by atoms with Crippen molar-refractivity contribution in [2.45, 2.75) is 51.4 Å². The number of rotatable bonds is 7. The number of ether oxygens (including phenoxy) is 1. The zero-order chi connectivity index (χ0) is 14.6. The summed E-state index contributed by atoms with van der Waals surface area (Å²) in [4.78, 5) is 0. The predicted molar refractivity (Wildman–Crippen MR) is 71.7 cm³/mol. The van der Waals surface area contributed by atoms with Crippen molar-refractivity contribution in [3.8, 4) is 5.75 Å². The van der Waals surface area contributed by atoms with Crippen molar-refractivity contribution in [2.75, 3.05) is 6.61 Å². The molecule has 0 unspecified atom stereocenters. The summed E-state index contributed by atoms with van der Waals surface area (Å²) in [5.74, 6) is -0.0684. The maximum Gasteiger partial charge on any atom is 0.419 e. The van der Waals surface area contributed by atoms with Crippen LogP contribution in [0, 0.1) is 0 Å². The SMILES string of the molecule is CCCCOc1ccc(CNC2CC2)cc1C(F)(F)F. The van der Waals surface area contributed by atoms with Crippen LogP contribution in [0.25, 0.3) is 0 Å². The van der Waals surface area contributed by atoms with E-state index < -0.39 is 11.7 Å². The van der Waals surface area contributed by atoms with Crippen molar-refractivity contribution in [3.05, 3.63) is 29.3 Å². The summed E-state index contributed by atoms with van der Waals surface area (Å²) in [6, 6.07) is 4.80. The number of halogens is 3. The van der Waals surface area contributed by atoms with E-state index in [1.165, 1.54) is 12.1 Å². The Hall–Kier alpha value is -1.23. The van der Waals surface area contributed by atoms with E-state index >= 15 is 0 Å². The third-order valence-corrected chi connectivity index (χ3v) is 3.28. The second-order valence-corrected chi connectivity index (χ2v) is 5.19. The average Bonchev–Trinajstić information content (AvgIpc) is 3.20. The van der Waals surface area contributed by atoms with Gasteiger partial charge in [0.1, 0.15) is 5.75 Å². The first kappa shape index (κ1) is 15.2. The molecule has 0 saturated heterocycles. The molecule has 1 N–H and O–H groups in total. The molecule has 0 radical (unpaired) electrons. The first-order valence-corrected chi connectivity index (χ1v) is 7.07. The van der Waals surface area contributed by atoms with Crippen LogP contribution in [0.3, 0.4) is 0 Å². The molecule has 1 aliphatic rings. The van der Waals surface area contributed by atoms with E-state index in [0.29, 0.717) is 24.8 Å². The summed E-state index contributed by atoms with van der Waals surface area (Å²) >= 11 is 0. The molecule has 0 bridgehead atoms. The number of benzene rings is 1. The maximum absolute atomic E-state index is 13.0. The highest BCUT2D eigenvalue weighted by Gasteiger charge is 2.34. The molecule has 1 aliphatic carbocycles. The fourth-order valence-corrected chi connectivity index (χ4v) is 1.91. The summed E-state index contributed by atoms with van der Waals surface area (Å²) in [7, 11) is 0. The molecule has 1 saturated carbocycles. The lowest BCUT2D eigenvalue weighted by molar-refractivity contribution is -0.139. The van der Waals surface area contributed by atoms with Gasteiger partial charge in [-0.05, 0) is 37.0 Å². The van der Waals surface area contributed by atoms with Crippen molar-refractivity contribution in [1.29, 1.82) is 0 Å². The highest BCUT2D eigenvalue weighted by atomic mass is 19.4. The van der Waals surface area contributed by atoms with E-state index in [4.69, 9.17) is 4.74 Å². The molecule has 0 spiro atoms. The van der Waals surface area contributed by atoms with Gasteiger partial charge in [0.25, 0.3) is 0 Å². The molecule has 0 aliphatic heterocycles. The Morgan fingerprint density at radius 3 is 2.65 bits per heavy atom. The quantitative estimate of drug-likeness (QED) is 0.761. The Balaban J connectivity index is 2.09. The largest absolute Gasteiger partial charge is 0.493 e. The standard InChI is InChI=1S/C15H20F3NO/c1-2-3-8-20-14-7-4-11(10-19-12-5-6-12)9-13(14)15(16,17)18/h4,7,9,12,19H,2-3,5-6,8,10H2,1H3. The van der Waals surface area contributed by atoms with Crippen LogP contribution in [0.2, 0.25) is 0 Å². The van der Waals surface area contributed by atoms with Gasteiger partial charge in [0.15, 0.2) is 0 Å². The number of alkyl halides is 3. The Labute approximate surface area is 117 Å². The summed E-state index contributed by atoms with van der Waals surface area (Å²) in [5, 5.41) is 3.22. The molecule has 112 valence electrons. The fraction of sp³-hybridized carbons (Fsp3) is 0.600. The van der Waals surface area contributed by atoms with Crippen LogP contribution in [0.1, 0.15) is 43.7 Å². The Morgan fingerprint density at radius 1 is 1.30 bits per heavy atom. The smallest absolute Gasteiger partial charge is 0.419 e. The number of unbranched alkanes of at least 4 members (excludes halogenated alkanes) is 1. The topological polar surface area (TPSA) is 21.3 Å². The summed E-state index contributed by atoms with van der Waals surface area (Å²) in [6.45, 7) is 2.77. The summed E-state index contributed by atoms with van der Waals surface area (Å²) in [5.41, 5.74) is -0.0317. The molecule has 0 aromatic heterocycles. The molecule has 0 amide bonds. The van der Waals surface area contributed by atoms with Crippen molar-refractivity contribution >= 4 is 0 Å². The van der Waals surface area contributed by atoms with Crippen LogP contribution in [-0.2, 0) is 12.7 Å². The van der Waals surface area contributed by atoms with E-state index in [1.54, 1.807) is 6.07 Å². The van der Waals surface area contributed by atoms with Gasteiger partial charge in [0.2, 0.25) is 0 Å². The van der Waals surface area contributed by atoms with Crippen LogP contribution < -0.4 is 10.1 Å². The number of nitrogens with one attached hydrogen (secondary N) is 1. The fourth-order valence-electron chi connectivity index (χ4n) is 1.91. The number of hydrogen-bond donors (Lipinski definition) is 1. The lowest BCUT2D eigenvalue weighted by Gasteiger charge is -2.15. The minimum atomic E-state index is -4.38. The molecular weight excluding hydrogens is 267 g/mol. The molecule has 20 heavy (non-hydrogen) atoms. The summed E-state index contributed by atoms with van der Waals surface area (Å²) in [6.07, 6.45) is -0.501. The second kappa shape index (κ2) is 6.48. The molecule has 0 heterocycles. The third kappa shape index (κ3) is 4.40. The zero-order valence-electron chi connectivity index (χ0n) is 11.6. The highest BCUT2D eigenvalue weighted by Crippen LogP contribution is 2.37. The van der Waals surface area contributed by atoms with Crippen molar-refractivity contribution in [1.82, 2.24) is 5.32 Å². The molecule has 1 aromatic carbocycles. The van der Waals surface area contributed by atoms with E-state index in [9.17, 15) is 13.2 Å². The Kier molecular flexibility index (Phi) is 4.91. The van der Waals surface area contributed by atoms with Gasteiger partial charge >= 0.3 is 6.18 Å². The minimum absolute atomic E-state index is 0.0684. The monoisotopic (exact) mass is 287 g/mol. The first-order chi connectivity index (χ1) is 9.50. The van der Waals surface area contributed by atoms with Crippen molar-refractivity contribution in [2.24, 2.45) is 0 Å². The molecule has 5 heteroatoms. The van der Waals surface area contributed by atoms with Crippen LogP contribution >= 0.6 is 0 Å². The first-order valence-electron chi connectivity index (χ1n) is 7.07. The average molecular weight is 287 g/mol. The van der Waals surface area contributed by atoms with Crippen LogP contribution in [-0.4, -0.2) is 12.6 Å². The van der Waals surface area contributed by atoms with Crippen LogP contribution in [0.4, 0.5) is 13.2 Å². The third-order valence-electron chi connectivity index (χ3n) is 3.28. The molecule has 0 atom stereocenters. The molecular formula is C15H20F3NO. The van der Waals surface area contributed by atoms with Crippen LogP contribution in [0.15, 0.2) is 18.2 Å². The van der Waals surface area contributed by atoms with Gasteiger partial charge < -0.3 is 10.1 Å².